The molecule has 3 N–H and O–H groups in total. The monoisotopic (exact) mass is 363 g/mol. The summed E-state index contributed by atoms with van der Waals surface area (Å²) in [6.45, 7) is 6.84. The number of carbonyl (C=O) groups excluding carboxylic acids is 2. The van der Waals surface area contributed by atoms with Gasteiger partial charge in [0.15, 0.2) is 0 Å². The van der Waals surface area contributed by atoms with Crippen molar-refractivity contribution in [3.63, 3.8) is 0 Å². The maximum Gasteiger partial charge on any atom is 0.250 e. The van der Waals surface area contributed by atoms with Gasteiger partial charge >= 0.3 is 0 Å². The third-order valence-electron chi connectivity index (χ3n) is 4.17. The smallest absolute Gasteiger partial charge is 0.250 e. The summed E-state index contributed by atoms with van der Waals surface area (Å²) in [6, 6.07) is 7.63. The van der Waals surface area contributed by atoms with Crippen LogP contribution in [0.4, 0.5) is 0 Å². The SMILES string of the molecule is CCOc1ccc(C(C)NC(=O)CCCNC(=O)C2CNCCO2)cc1. The molecule has 26 heavy (non-hydrogen) atoms. The molecule has 2 rings (SSSR count). The standard InChI is InChI=1S/C19H29N3O4/c1-3-25-16-8-6-15(7-9-16)14(2)22-18(23)5-4-10-21-19(24)17-13-20-11-12-26-17/h6-9,14,17,20H,3-5,10-13H2,1-2H3,(H,21,24)(H,22,23). The normalized spacial score (nSPS) is 18.0. The van der Waals surface area contributed by atoms with Crippen molar-refractivity contribution in [1.29, 1.82) is 0 Å². The van der Waals surface area contributed by atoms with Crippen LogP contribution in [0.15, 0.2) is 24.3 Å². The number of hydrogen-bond donors (Lipinski definition) is 3. The summed E-state index contributed by atoms with van der Waals surface area (Å²) in [5, 5.41) is 8.90. The van der Waals surface area contributed by atoms with E-state index in [0.717, 1.165) is 17.9 Å². The van der Waals surface area contributed by atoms with Crippen molar-refractivity contribution in [1.82, 2.24) is 16.0 Å². The van der Waals surface area contributed by atoms with E-state index in [9.17, 15) is 9.59 Å². The summed E-state index contributed by atoms with van der Waals surface area (Å²) in [6.07, 6.45) is 0.524. The van der Waals surface area contributed by atoms with E-state index in [1.165, 1.54) is 0 Å². The first-order valence-electron chi connectivity index (χ1n) is 9.22. The van der Waals surface area contributed by atoms with Crippen LogP contribution in [0, 0.1) is 0 Å². The van der Waals surface area contributed by atoms with Gasteiger partial charge in [0.25, 0.3) is 0 Å². The Morgan fingerprint density at radius 3 is 2.77 bits per heavy atom. The van der Waals surface area contributed by atoms with Crippen molar-refractivity contribution < 1.29 is 19.1 Å². The number of hydrogen-bond acceptors (Lipinski definition) is 5. The third-order valence-corrected chi connectivity index (χ3v) is 4.17. The Balaban J connectivity index is 1.63. The van der Waals surface area contributed by atoms with Gasteiger partial charge in [0, 0.05) is 26.1 Å². The van der Waals surface area contributed by atoms with Crippen LogP contribution in [0.3, 0.4) is 0 Å². The predicted octanol–water partition coefficient (Wildman–Crippen LogP) is 1.15. The van der Waals surface area contributed by atoms with Crippen LogP contribution in [-0.2, 0) is 14.3 Å². The Bertz CT molecular complexity index is 571. The van der Waals surface area contributed by atoms with Crippen molar-refractivity contribution in [2.24, 2.45) is 0 Å². The van der Waals surface area contributed by atoms with Crippen molar-refractivity contribution >= 4 is 11.8 Å². The molecule has 7 nitrogen and oxygen atoms in total. The van der Waals surface area contributed by atoms with Gasteiger partial charge in [-0.05, 0) is 38.0 Å². The van der Waals surface area contributed by atoms with Crippen molar-refractivity contribution in [3.8, 4) is 5.75 Å². The number of nitrogens with one attached hydrogen (secondary N) is 3. The van der Waals surface area contributed by atoms with E-state index in [1.54, 1.807) is 0 Å². The molecule has 1 fully saturated rings. The first-order valence-corrected chi connectivity index (χ1v) is 9.22. The van der Waals surface area contributed by atoms with Crippen LogP contribution >= 0.6 is 0 Å². The Morgan fingerprint density at radius 2 is 2.12 bits per heavy atom. The summed E-state index contributed by atoms with van der Waals surface area (Å²) in [5.41, 5.74) is 1.03. The summed E-state index contributed by atoms with van der Waals surface area (Å²) < 4.78 is 10.8. The van der Waals surface area contributed by atoms with Gasteiger partial charge in [0.05, 0.1) is 19.3 Å². The molecule has 0 radical (unpaired) electrons. The molecule has 2 unspecified atom stereocenters. The van der Waals surface area contributed by atoms with E-state index < -0.39 is 6.10 Å². The first kappa shape index (κ1) is 20.2. The average molecular weight is 363 g/mol. The van der Waals surface area contributed by atoms with E-state index in [4.69, 9.17) is 9.47 Å². The molecule has 1 aliphatic heterocycles. The number of morpholine rings is 1. The lowest BCUT2D eigenvalue weighted by molar-refractivity contribution is -0.134. The lowest BCUT2D eigenvalue weighted by atomic mass is 10.1. The summed E-state index contributed by atoms with van der Waals surface area (Å²) in [4.78, 5) is 24.0. The molecular weight excluding hydrogens is 334 g/mol. The average Bonchev–Trinajstić information content (AvgIpc) is 2.66. The fourth-order valence-electron chi connectivity index (χ4n) is 2.72. The highest BCUT2D eigenvalue weighted by atomic mass is 16.5. The zero-order chi connectivity index (χ0) is 18.8. The fraction of sp³-hybridized carbons (Fsp3) is 0.579. The second-order valence-electron chi connectivity index (χ2n) is 6.25. The van der Waals surface area contributed by atoms with Gasteiger partial charge in [0.2, 0.25) is 11.8 Å². The molecule has 0 aliphatic carbocycles. The van der Waals surface area contributed by atoms with Crippen LogP contribution < -0.4 is 20.7 Å². The highest BCUT2D eigenvalue weighted by molar-refractivity contribution is 5.81. The lowest BCUT2D eigenvalue weighted by Gasteiger charge is -2.22. The van der Waals surface area contributed by atoms with E-state index in [1.807, 2.05) is 38.1 Å². The highest BCUT2D eigenvalue weighted by Gasteiger charge is 2.21. The number of rotatable bonds is 9. The Kier molecular flexibility index (Phi) is 8.37. The van der Waals surface area contributed by atoms with E-state index >= 15 is 0 Å². The second-order valence-corrected chi connectivity index (χ2v) is 6.25. The fourth-order valence-corrected chi connectivity index (χ4v) is 2.72. The summed E-state index contributed by atoms with van der Waals surface area (Å²) >= 11 is 0. The highest BCUT2D eigenvalue weighted by Crippen LogP contribution is 2.17. The minimum Gasteiger partial charge on any atom is -0.494 e. The maximum absolute atomic E-state index is 12.1. The van der Waals surface area contributed by atoms with Crippen LogP contribution in [0.5, 0.6) is 5.75 Å². The Labute approximate surface area is 154 Å². The van der Waals surface area contributed by atoms with Gasteiger partial charge in [-0.3, -0.25) is 9.59 Å². The number of ether oxygens (including phenoxy) is 2. The molecular formula is C19H29N3O4. The van der Waals surface area contributed by atoms with Crippen LogP contribution in [0.25, 0.3) is 0 Å². The molecule has 1 aliphatic rings. The van der Waals surface area contributed by atoms with E-state index in [0.29, 0.717) is 39.1 Å². The molecule has 1 aromatic carbocycles. The first-order chi connectivity index (χ1) is 12.6. The molecule has 2 amide bonds. The summed E-state index contributed by atoms with van der Waals surface area (Å²) in [5.74, 6) is 0.666. The molecule has 1 aromatic rings. The maximum atomic E-state index is 12.1. The van der Waals surface area contributed by atoms with Crippen LogP contribution in [0.1, 0.15) is 38.3 Å². The third kappa shape index (κ3) is 6.65. The molecule has 0 aromatic heterocycles. The minimum absolute atomic E-state index is 0.0313. The molecule has 0 spiro atoms. The minimum atomic E-state index is -0.433. The largest absolute Gasteiger partial charge is 0.494 e. The topological polar surface area (TPSA) is 88.7 Å². The van der Waals surface area contributed by atoms with Gasteiger partial charge in [-0.1, -0.05) is 12.1 Å². The number of benzene rings is 1. The van der Waals surface area contributed by atoms with E-state index in [2.05, 4.69) is 16.0 Å². The quantitative estimate of drug-likeness (QED) is 0.573. The van der Waals surface area contributed by atoms with Gasteiger partial charge < -0.3 is 25.4 Å². The van der Waals surface area contributed by atoms with Crippen LogP contribution in [-0.4, -0.2) is 50.8 Å². The molecule has 2 atom stereocenters. The van der Waals surface area contributed by atoms with Crippen LogP contribution in [0.2, 0.25) is 0 Å². The molecule has 7 heteroatoms. The zero-order valence-electron chi connectivity index (χ0n) is 15.5. The Morgan fingerprint density at radius 1 is 1.35 bits per heavy atom. The van der Waals surface area contributed by atoms with Gasteiger partial charge in [0.1, 0.15) is 11.9 Å². The lowest BCUT2D eigenvalue weighted by Crippen LogP contribution is -2.48. The molecule has 1 saturated heterocycles. The zero-order valence-corrected chi connectivity index (χ0v) is 15.5. The second kappa shape index (κ2) is 10.8. The van der Waals surface area contributed by atoms with Crippen molar-refractivity contribution in [3.05, 3.63) is 29.8 Å². The van der Waals surface area contributed by atoms with Gasteiger partial charge in [-0.2, -0.15) is 0 Å². The van der Waals surface area contributed by atoms with Gasteiger partial charge in [-0.15, -0.1) is 0 Å². The number of carbonyl (C=O) groups is 2. The molecule has 144 valence electrons. The summed E-state index contributed by atoms with van der Waals surface area (Å²) in [7, 11) is 0. The molecule has 1 heterocycles. The molecule has 0 saturated carbocycles. The van der Waals surface area contributed by atoms with Crippen molar-refractivity contribution in [2.75, 3.05) is 32.8 Å². The van der Waals surface area contributed by atoms with Gasteiger partial charge in [-0.25, -0.2) is 0 Å². The molecule has 0 bridgehead atoms. The number of amides is 2. The van der Waals surface area contributed by atoms with E-state index in [-0.39, 0.29) is 17.9 Å². The predicted molar refractivity (Wildman–Crippen MR) is 99.0 cm³/mol. The Hall–Kier alpha value is -2.12. The van der Waals surface area contributed by atoms with Crippen molar-refractivity contribution in [2.45, 2.75) is 38.8 Å².